The summed E-state index contributed by atoms with van der Waals surface area (Å²) >= 11 is 0. The van der Waals surface area contributed by atoms with Gasteiger partial charge in [-0.3, -0.25) is 9.00 Å². The second kappa shape index (κ2) is 6.97. The van der Waals surface area contributed by atoms with Gasteiger partial charge < -0.3 is 10.1 Å². The molecule has 1 N–H and O–H groups in total. The van der Waals surface area contributed by atoms with Crippen molar-refractivity contribution in [1.82, 2.24) is 0 Å². The molecule has 124 valence electrons. The summed E-state index contributed by atoms with van der Waals surface area (Å²) in [4.78, 5) is 23.7. The van der Waals surface area contributed by atoms with E-state index in [0.717, 1.165) is 16.8 Å². The highest BCUT2D eigenvalue weighted by atomic mass is 32.2. The maximum Gasteiger partial charge on any atom is 0.343 e. The fourth-order valence-corrected chi connectivity index (χ4v) is 3.26. The summed E-state index contributed by atoms with van der Waals surface area (Å²) in [5.74, 6) is 0.384. The second-order valence-corrected chi connectivity index (χ2v) is 7.11. The number of esters is 1. The zero-order valence-corrected chi connectivity index (χ0v) is 14.0. The van der Waals surface area contributed by atoms with Crippen LogP contribution in [0, 0.1) is 0 Å². The molecule has 0 aromatic heterocycles. The predicted molar refractivity (Wildman–Crippen MR) is 92.6 cm³/mol. The Morgan fingerprint density at radius 2 is 2.04 bits per heavy atom. The van der Waals surface area contributed by atoms with Gasteiger partial charge in [0.25, 0.3) is 0 Å². The molecule has 1 aliphatic heterocycles. The molecule has 2 aromatic carbocycles. The van der Waals surface area contributed by atoms with Crippen LogP contribution in [0.3, 0.4) is 0 Å². The van der Waals surface area contributed by atoms with Crippen LogP contribution in [0.5, 0.6) is 5.75 Å². The summed E-state index contributed by atoms with van der Waals surface area (Å²) in [5.41, 5.74) is 2.97. The molecule has 0 radical (unpaired) electrons. The fourth-order valence-electron chi connectivity index (χ4n) is 2.61. The van der Waals surface area contributed by atoms with Gasteiger partial charge in [-0.1, -0.05) is 12.1 Å². The van der Waals surface area contributed by atoms with Gasteiger partial charge in [0.05, 0.1) is 5.56 Å². The summed E-state index contributed by atoms with van der Waals surface area (Å²) in [5, 5.41) is 2.79. The van der Waals surface area contributed by atoms with Crippen LogP contribution in [0.15, 0.2) is 42.5 Å². The van der Waals surface area contributed by atoms with Crippen molar-refractivity contribution >= 4 is 28.4 Å². The highest BCUT2D eigenvalue weighted by Gasteiger charge is 2.16. The van der Waals surface area contributed by atoms with Crippen LogP contribution in [0.25, 0.3) is 0 Å². The summed E-state index contributed by atoms with van der Waals surface area (Å²) in [6.45, 7) is 0. The lowest BCUT2D eigenvalue weighted by molar-refractivity contribution is -0.116. The van der Waals surface area contributed by atoms with Gasteiger partial charge >= 0.3 is 5.97 Å². The third-order valence-electron chi connectivity index (χ3n) is 3.72. The number of aryl methyl sites for hydroxylation is 1. The lowest BCUT2D eigenvalue weighted by Crippen LogP contribution is -2.19. The maximum atomic E-state index is 12.3. The predicted octanol–water partition coefficient (Wildman–Crippen LogP) is 2.67. The SMILES string of the molecule is C[S@](=O)Cc1cccc(C(=O)Oc2ccc3c(c2)CCC(=O)N3)c1. The average Bonchev–Trinajstić information content (AvgIpc) is 2.54. The average molecular weight is 343 g/mol. The highest BCUT2D eigenvalue weighted by molar-refractivity contribution is 7.83. The zero-order chi connectivity index (χ0) is 17.1. The van der Waals surface area contributed by atoms with Crippen LogP contribution < -0.4 is 10.1 Å². The van der Waals surface area contributed by atoms with Gasteiger partial charge in [0, 0.05) is 34.9 Å². The number of rotatable bonds is 4. The van der Waals surface area contributed by atoms with Gasteiger partial charge in [-0.05, 0) is 47.9 Å². The van der Waals surface area contributed by atoms with E-state index in [4.69, 9.17) is 4.74 Å². The molecule has 0 spiro atoms. The van der Waals surface area contributed by atoms with Gasteiger partial charge in [-0.25, -0.2) is 4.79 Å². The molecular weight excluding hydrogens is 326 g/mol. The smallest absolute Gasteiger partial charge is 0.343 e. The van der Waals surface area contributed by atoms with Crippen molar-refractivity contribution in [3.63, 3.8) is 0 Å². The number of hydrogen-bond donors (Lipinski definition) is 1. The summed E-state index contributed by atoms with van der Waals surface area (Å²) in [7, 11) is -0.967. The molecule has 0 bridgehead atoms. The van der Waals surface area contributed by atoms with E-state index in [2.05, 4.69) is 5.32 Å². The first-order valence-corrected chi connectivity index (χ1v) is 9.28. The number of fused-ring (bicyclic) bond motifs is 1. The number of amides is 1. The number of nitrogens with one attached hydrogen (secondary N) is 1. The Morgan fingerprint density at radius 1 is 1.21 bits per heavy atom. The van der Waals surface area contributed by atoms with E-state index in [1.165, 1.54) is 0 Å². The molecule has 5 nitrogen and oxygen atoms in total. The van der Waals surface area contributed by atoms with Crippen LogP contribution in [0.4, 0.5) is 5.69 Å². The molecule has 1 aliphatic rings. The number of hydrogen-bond acceptors (Lipinski definition) is 4. The highest BCUT2D eigenvalue weighted by Crippen LogP contribution is 2.27. The van der Waals surface area contributed by atoms with Crippen LogP contribution in [-0.4, -0.2) is 22.3 Å². The summed E-state index contributed by atoms with van der Waals surface area (Å²) in [6.07, 6.45) is 2.68. The second-order valence-electron chi connectivity index (χ2n) is 5.67. The first kappa shape index (κ1) is 16.4. The molecule has 0 aliphatic carbocycles. The Balaban J connectivity index is 1.75. The molecule has 1 amide bonds. The largest absolute Gasteiger partial charge is 0.423 e. The van der Waals surface area contributed by atoms with Gasteiger partial charge in [0.2, 0.25) is 5.91 Å². The molecule has 0 saturated heterocycles. The van der Waals surface area contributed by atoms with E-state index in [1.807, 2.05) is 6.07 Å². The molecule has 1 atom stereocenters. The van der Waals surface area contributed by atoms with Crippen LogP contribution in [-0.2, 0) is 27.8 Å². The van der Waals surface area contributed by atoms with Crippen molar-refractivity contribution in [3.05, 3.63) is 59.2 Å². The molecular formula is C18H17NO4S. The minimum Gasteiger partial charge on any atom is -0.423 e. The Labute approximate surface area is 142 Å². The third-order valence-corrected chi connectivity index (χ3v) is 4.46. The third kappa shape index (κ3) is 3.89. The Morgan fingerprint density at radius 3 is 2.83 bits per heavy atom. The van der Waals surface area contributed by atoms with E-state index in [0.29, 0.717) is 29.9 Å². The van der Waals surface area contributed by atoms with Crippen molar-refractivity contribution in [1.29, 1.82) is 0 Å². The Bertz CT molecular complexity index is 832. The molecule has 24 heavy (non-hydrogen) atoms. The van der Waals surface area contributed by atoms with Gasteiger partial charge in [-0.15, -0.1) is 0 Å². The van der Waals surface area contributed by atoms with Gasteiger partial charge in [-0.2, -0.15) is 0 Å². The Kier molecular flexibility index (Phi) is 4.76. The number of ether oxygens (including phenoxy) is 1. The quantitative estimate of drug-likeness (QED) is 0.684. The number of carbonyl (C=O) groups excluding carboxylic acids is 2. The Hall–Kier alpha value is -2.47. The van der Waals surface area contributed by atoms with Gasteiger partial charge in [0.1, 0.15) is 5.75 Å². The van der Waals surface area contributed by atoms with Crippen LogP contribution in [0.2, 0.25) is 0 Å². The van der Waals surface area contributed by atoms with E-state index in [9.17, 15) is 13.8 Å². The first-order chi connectivity index (χ1) is 11.5. The standard InChI is InChI=1S/C18H17NO4S/c1-24(22)11-12-3-2-4-14(9-12)18(21)23-15-6-7-16-13(10-15)5-8-17(20)19-16/h2-4,6-7,9-10H,5,8,11H2,1H3,(H,19,20)/t24-/m0/s1. The van der Waals surface area contributed by atoms with Crippen molar-refractivity contribution < 1.29 is 18.5 Å². The molecule has 1 heterocycles. The van der Waals surface area contributed by atoms with Crippen LogP contribution in [0.1, 0.15) is 27.9 Å². The molecule has 0 saturated carbocycles. The fraction of sp³-hybridized carbons (Fsp3) is 0.222. The topological polar surface area (TPSA) is 72.5 Å². The summed E-state index contributed by atoms with van der Waals surface area (Å²) < 4.78 is 16.7. The van der Waals surface area contributed by atoms with Crippen molar-refractivity contribution in [3.8, 4) is 5.75 Å². The minimum absolute atomic E-state index is 0.00243. The van der Waals surface area contributed by atoms with Crippen molar-refractivity contribution in [2.45, 2.75) is 18.6 Å². The molecule has 3 rings (SSSR count). The molecule has 0 fully saturated rings. The van der Waals surface area contributed by atoms with E-state index >= 15 is 0 Å². The molecule has 6 heteroatoms. The van der Waals surface area contributed by atoms with E-state index in [-0.39, 0.29) is 5.91 Å². The molecule has 0 unspecified atom stereocenters. The lowest BCUT2D eigenvalue weighted by atomic mass is 10.0. The van der Waals surface area contributed by atoms with E-state index in [1.54, 1.807) is 42.7 Å². The lowest BCUT2D eigenvalue weighted by Gasteiger charge is -2.17. The van der Waals surface area contributed by atoms with Crippen molar-refractivity contribution in [2.75, 3.05) is 11.6 Å². The normalized spacial score (nSPS) is 14.5. The van der Waals surface area contributed by atoms with E-state index < -0.39 is 16.8 Å². The number of anilines is 1. The number of carbonyl (C=O) groups is 2. The number of benzene rings is 2. The minimum atomic E-state index is -0.967. The molecule has 2 aromatic rings. The first-order valence-electron chi connectivity index (χ1n) is 7.55. The van der Waals surface area contributed by atoms with Gasteiger partial charge in [0.15, 0.2) is 0 Å². The van der Waals surface area contributed by atoms with Crippen molar-refractivity contribution in [2.24, 2.45) is 0 Å². The summed E-state index contributed by atoms with van der Waals surface area (Å²) in [6, 6.07) is 12.1. The zero-order valence-electron chi connectivity index (χ0n) is 13.2. The van der Waals surface area contributed by atoms with Crippen LogP contribution >= 0.6 is 0 Å². The monoisotopic (exact) mass is 343 g/mol. The maximum absolute atomic E-state index is 12.3.